The molecular formula is C18H27N3O. The van der Waals surface area contributed by atoms with Gasteiger partial charge in [0, 0.05) is 38.6 Å². The Labute approximate surface area is 134 Å². The number of oxime groups is 1. The van der Waals surface area contributed by atoms with Crippen LogP contribution in [0.15, 0.2) is 47.3 Å². The number of hydrogen-bond acceptors (Lipinski definition) is 4. The number of benzene rings is 1. The van der Waals surface area contributed by atoms with Gasteiger partial charge in [0.05, 0.1) is 0 Å². The maximum atomic E-state index is 4.95. The van der Waals surface area contributed by atoms with Crippen LogP contribution in [0.3, 0.4) is 0 Å². The molecule has 1 fully saturated rings. The summed E-state index contributed by atoms with van der Waals surface area (Å²) in [6, 6.07) is 10.7. The number of piperazine rings is 1. The average Bonchev–Trinajstić information content (AvgIpc) is 2.56. The van der Waals surface area contributed by atoms with Gasteiger partial charge in [-0.3, -0.25) is 4.90 Å². The Morgan fingerprint density at radius 3 is 2.59 bits per heavy atom. The summed E-state index contributed by atoms with van der Waals surface area (Å²) in [6.07, 6.45) is 5.56. The van der Waals surface area contributed by atoms with Gasteiger partial charge in [-0.25, -0.2) is 0 Å². The highest BCUT2D eigenvalue weighted by Gasteiger charge is 2.16. The van der Waals surface area contributed by atoms with Crippen LogP contribution in [-0.2, 0) is 4.84 Å². The summed E-state index contributed by atoms with van der Waals surface area (Å²) in [6.45, 7) is 11.0. The van der Waals surface area contributed by atoms with E-state index < -0.39 is 0 Å². The zero-order valence-electron chi connectivity index (χ0n) is 13.6. The second kappa shape index (κ2) is 9.26. The molecule has 1 aliphatic rings. The van der Waals surface area contributed by atoms with E-state index in [4.69, 9.17) is 4.84 Å². The second-order valence-corrected chi connectivity index (χ2v) is 5.70. The van der Waals surface area contributed by atoms with E-state index in [1.807, 2.05) is 6.92 Å². The molecule has 0 amide bonds. The summed E-state index contributed by atoms with van der Waals surface area (Å²) in [5.74, 6) is 0.839. The first kappa shape index (κ1) is 16.6. The Bertz CT molecular complexity index is 464. The van der Waals surface area contributed by atoms with E-state index in [9.17, 15) is 0 Å². The Balaban J connectivity index is 1.60. The third kappa shape index (κ3) is 5.53. The van der Waals surface area contributed by atoms with Crippen LogP contribution >= 0.6 is 0 Å². The molecular weight excluding hydrogens is 274 g/mol. The van der Waals surface area contributed by atoms with Crippen LogP contribution in [0.2, 0.25) is 0 Å². The van der Waals surface area contributed by atoms with Crippen LogP contribution in [-0.4, -0.2) is 44.3 Å². The van der Waals surface area contributed by atoms with Gasteiger partial charge in [-0.1, -0.05) is 23.4 Å². The molecule has 0 unspecified atom stereocenters. The van der Waals surface area contributed by atoms with Gasteiger partial charge in [0.2, 0.25) is 0 Å². The lowest BCUT2D eigenvalue weighted by Gasteiger charge is -2.36. The Morgan fingerprint density at radius 1 is 1.18 bits per heavy atom. The first-order valence-corrected chi connectivity index (χ1v) is 8.12. The van der Waals surface area contributed by atoms with E-state index in [0.29, 0.717) is 0 Å². The molecule has 2 rings (SSSR count). The van der Waals surface area contributed by atoms with Crippen molar-refractivity contribution in [2.45, 2.75) is 26.2 Å². The van der Waals surface area contributed by atoms with Gasteiger partial charge in [0.1, 0.15) is 5.76 Å². The van der Waals surface area contributed by atoms with Crippen LogP contribution < -0.4 is 4.90 Å². The lowest BCUT2D eigenvalue weighted by Crippen LogP contribution is -2.46. The molecule has 0 aliphatic carbocycles. The van der Waals surface area contributed by atoms with Crippen LogP contribution in [0.1, 0.15) is 26.2 Å². The van der Waals surface area contributed by atoms with Gasteiger partial charge in [0.25, 0.3) is 0 Å². The van der Waals surface area contributed by atoms with Gasteiger partial charge in [0.15, 0.2) is 0 Å². The maximum absolute atomic E-state index is 4.95. The Hall–Kier alpha value is -1.81. The molecule has 1 heterocycles. The van der Waals surface area contributed by atoms with Crippen LogP contribution in [0.5, 0.6) is 0 Å². The molecule has 0 aromatic heterocycles. The highest BCUT2D eigenvalue weighted by molar-refractivity contribution is 5.46. The summed E-state index contributed by atoms with van der Waals surface area (Å²) in [7, 11) is 0. The number of rotatable bonds is 8. The van der Waals surface area contributed by atoms with Gasteiger partial charge in [-0.05, 0) is 50.9 Å². The monoisotopic (exact) mass is 301 g/mol. The van der Waals surface area contributed by atoms with E-state index in [2.05, 4.69) is 58.1 Å². The van der Waals surface area contributed by atoms with Crippen molar-refractivity contribution in [3.63, 3.8) is 0 Å². The molecule has 4 nitrogen and oxygen atoms in total. The standard InChI is InChI=1S/C18H27N3O/c1-17(22-19-2)9-5-4-8-12-20-13-15-21(16-14-20)18-10-6-3-7-11-18/h3,6-7,9-11H,2,4-5,8,12-16H2,1H3/b17-9-. The minimum absolute atomic E-state index is 0.839. The summed E-state index contributed by atoms with van der Waals surface area (Å²) < 4.78 is 0. The molecule has 22 heavy (non-hydrogen) atoms. The van der Waals surface area contributed by atoms with Crippen molar-refractivity contribution in [3.05, 3.63) is 42.2 Å². The lowest BCUT2D eigenvalue weighted by atomic mass is 10.2. The minimum Gasteiger partial charge on any atom is -0.369 e. The molecule has 0 atom stereocenters. The number of anilines is 1. The number of hydrogen-bond donors (Lipinski definition) is 0. The first-order chi connectivity index (χ1) is 10.8. The molecule has 1 saturated heterocycles. The second-order valence-electron chi connectivity index (χ2n) is 5.70. The number of nitrogens with zero attached hydrogens (tertiary/aromatic N) is 3. The molecule has 1 aromatic carbocycles. The fourth-order valence-corrected chi connectivity index (χ4v) is 2.79. The summed E-state index contributed by atoms with van der Waals surface area (Å²) >= 11 is 0. The van der Waals surface area contributed by atoms with Crippen molar-refractivity contribution in [3.8, 4) is 0 Å². The molecule has 1 aliphatic heterocycles. The van der Waals surface area contributed by atoms with Crippen LogP contribution in [0.4, 0.5) is 5.69 Å². The van der Waals surface area contributed by atoms with E-state index in [1.165, 1.54) is 25.1 Å². The molecule has 0 bridgehead atoms. The molecule has 120 valence electrons. The van der Waals surface area contributed by atoms with Gasteiger partial charge < -0.3 is 9.74 Å². The predicted octanol–water partition coefficient (Wildman–Crippen LogP) is 3.51. The van der Waals surface area contributed by atoms with Gasteiger partial charge >= 0.3 is 0 Å². The topological polar surface area (TPSA) is 28.1 Å². The van der Waals surface area contributed by atoms with Gasteiger partial charge in [-0.15, -0.1) is 0 Å². The van der Waals surface area contributed by atoms with Crippen molar-refractivity contribution in [2.24, 2.45) is 5.16 Å². The normalized spacial score (nSPS) is 16.6. The number of allylic oxidation sites excluding steroid dienone is 2. The zero-order chi connectivity index (χ0) is 15.6. The summed E-state index contributed by atoms with van der Waals surface area (Å²) in [5, 5.41) is 3.41. The molecule has 1 aromatic rings. The third-order valence-corrected chi connectivity index (χ3v) is 4.06. The number of unbranched alkanes of at least 4 members (excludes halogenated alkanes) is 2. The molecule has 0 spiro atoms. The van der Waals surface area contributed by atoms with Crippen LogP contribution in [0.25, 0.3) is 0 Å². The minimum atomic E-state index is 0.839. The summed E-state index contributed by atoms with van der Waals surface area (Å²) in [5.41, 5.74) is 1.35. The molecule has 0 N–H and O–H groups in total. The quantitative estimate of drug-likeness (QED) is 0.318. The van der Waals surface area contributed by atoms with Crippen molar-refractivity contribution in [1.29, 1.82) is 0 Å². The largest absolute Gasteiger partial charge is 0.369 e. The zero-order valence-corrected chi connectivity index (χ0v) is 13.6. The molecule has 0 saturated carbocycles. The van der Waals surface area contributed by atoms with Crippen molar-refractivity contribution in [1.82, 2.24) is 4.90 Å². The summed E-state index contributed by atoms with van der Waals surface area (Å²) in [4.78, 5) is 9.99. The molecule has 4 heteroatoms. The van der Waals surface area contributed by atoms with E-state index in [0.717, 1.165) is 38.4 Å². The molecule has 0 radical (unpaired) electrons. The Morgan fingerprint density at radius 2 is 1.91 bits per heavy atom. The highest BCUT2D eigenvalue weighted by Crippen LogP contribution is 2.15. The van der Waals surface area contributed by atoms with Crippen molar-refractivity contribution in [2.75, 3.05) is 37.6 Å². The smallest absolute Gasteiger partial charge is 0.127 e. The fourth-order valence-electron chi connectivity index (χ4n) is 2.79. The predicted molar refractivity (Wildman–Crippen MR) is 93.3 cm³/mol. The third-order valence-electron chi connectivity index (χ3n) is 4.06. The number of para-hydroxylation sites is 1. The Kier molecular flexibility index (Phi) is 6.97. The average molecular weight is 301 g/mol. The van der Waals surface area contributed by atoms with E-state index in [1.54, 1.807) is 0 Å². The van der Waals surface area contributed by atoms with Crippen molar-refractivity contribution >= 4 is 12.4 Å². The van der Waals surface area contributed by atoms with Gasteiger partial charge in [-0.2, -0.15) is 0 Å². The lowest BCUT2D eigenvalue weighted by molar-refractivity contribution is 0.231. The van der Waals surface area contributed by atoms with E-state index in [-0.39, 0.29) is 0 Å². The maximum Gasteiger partial charge on any atom is 0.127 e. The highest BCUT2D eigenvalue weighted by atomic mass is 16.6. The SMILES string of the molecule is C=NO/C(C)=C\CCCCN1CCN(c2ccccc2)CC1. The van der Waals surface area contributed by atoms with E-state index >= 15 is 0 Å². The first-order valence-electron chi connectivity index (χ1n) is 8.12. The van der Waals surface area contributed by atoms with Crippen molar-refractivity contribution < 1.29 is 4.84 Å². The van der Waals surface area contributed by atoms with Crippen LogP contribution in [0, 0.1) is 0 Å². The fraction of sp³-hybridized carbons (Fsp3) is 0.500.